The van der Waals surface area contributed by atoms with Gasteiger partial charge in [-0.25, -0.2) is 4.98 Å². The molecule has 3 aromatic rings. The molecule has 0 atom stereocenters. The van der Waals surface area contributed by atoms with E-state index < -0.39 is 0 Å². The van der Waals surface area contributed by atoms with Crippen molar-refractivity contribution in [2.24, 2.45) is 7.05 Å². The van der Waals surface area contributed by atoms with Crippen molar-refractivity contribution in [3.05, 3.63) is 57.2 Å². The molecule has 2 aromatic heterocycles. The van der Waals surface area contributed by atoms with Crippen LogP contribution >= 0.6 is 15.9 Å². The van der Waals surface area contributed by atoms with Crippen molar-refractivity contribution in [2.45, 2.75) is 13.3 Å². The lowest BCUT2D eigenvalue weighted by Gasteiger charge is -2.06. The summed E-state index contributed by atoms with van der Waals surface area (Å²) in [6.45, 7) is 2.08. The smallest absolute Gasteiger partial charge is 0.256 e. The molecular weight excluding hydrogens is 318 g/mol. The molecule has 0 saturated heterocycles. The predicted molar refractivity (Wildman–Crippen MR) is 83.4 cm³/mol. The lowest BCUT2D eigenvalue weighted by atomic mass is 10.2. The van der Waals surface area contributed by atoms with Crippen LogP contribution in [0.1, 0.15) is 12.7 Å². The highest BCUT2D eigenvalue weighted by Crippen LogP contribution is 2.19. The number of benzene rings is 1. The normalized spacial score (nSPS) is 11.2. The van der Waals surface area contributed by atoms with Crippen molar-refractivity contribution in [2.75, 3.05) is 0 Å². The highest BCUT2D eigenvalue weighted by molar-refractivity contribution is 9.10. The Bertz CT molecular complexity index is 848. The molecule has 0 N–H and O–H groups in total. The highest BCUT2D eigenvalue weighted by atomic mass is 79.9. The minimum absolute atomic E-state index is 0.0587. The molecule has 0 saturated carbocycles. The molecule has 0 aliphatic heterocycles. The average Bonchev–Trinajstić information content (AvgIpc) is 2.75. The van der Waals surface area contributed by atoms with Crippen LogP contribution in [-0.2, 0) is 13.5 Å². The molecule has 0 amide bonds. The van der Waals surface area contributed by atoms with E-state index >= 15 is 0 Å². The molecule has 0 unspecified atom stereocenters. The van der Waals surface area contributed by atoms with E-state index in [1.54, 1.807) is 16.8 Å². The SMILES string of the molecule is CCc1nc2ccc(-n3ccc(Br)cc3=O)cc2n1C. The fourth-order valence-electron chi connectivity index (χ4n) is 2.36. The van der Waals surface area contributed by atoms with Crippen molar-refractivity contribution in [1.29, 1.82) is 0 Å². The molecule has 1 aromatic carbocycles. The van der Waals surface area contributed by atoms with Crippen molar-refractivity contribution < 1.29 is 0 Å². The molecule has 102 valence electrons. The van der Waals surface area contributed by atoms with Crippen LogP contribution in [-0.4, -0.2) is 14.1 Å². The summed E-state index contributed by atoms with van der Waals surface area (Å²) in [4.78, 5) is 16.6. The predicted octanol–water partition coefficient (Wildman–Crippen LogP) is 3.05. The molecule has 5 heteroatoms. The Labute approximate surface area is 124 Å². The first-order chi connectivity index (χ1) is 9.60. The molecule has 0 aliphatic rings. The molecule has 4 nitrogen and oxygen atoms in total. The van der Waals surface area contributed by atoms with E-state index in [2.05, 4.69) is 32.4 Å². The molecule has 2 heterocycles. The summed E-state index contributed by atoms with van der Waals surface area (Å²) in [7, 11) is 2.00. The maximum Gasteiger partial charge on any atom is 0.256 e. The van der Waals surface area contributed by atoms with E-state index in [0.717, 1.165) is 33.4 Å². The number of nitrogens with zero attached hydrogens (tertiary/aromatic N) is 3. The Morgan fingerprint density at radius 2 is 2.05 bits per heavy atom. The lowest BCUT2D eigenvalue weighted by molar-refractivity contribution is 0.828. The molecule has 3 rings (SSSR count). The van der Waals surface area contributed by atoms with Crippen LogP contribution in [0.4, 0.5) is 0 Å². The number of pyridine rings is 1. The fourth-order valence-corrected chi connectivity index (χ4v) is 2.68. The van der Waals surface area contributed by atoms with Crippen molar-refractivity contribution in [3.63, 3.8) is 0 Å². The Morgan fingerprint density at radius 3 is 2.75 bits per heavy atom. The lowest BCUT2D eigenvalue weighted by Crippen LogP contribution is -2.16. The number of hydrogen-bond donors (Lipinski definition) is 0. The molecule has 0 aliphatic carbocycles. The number of aromatic nitrogens is 3. The van der Waals surface area contributed by atoms with E-state index in [9.17, 15) is 4.79 Å². The number of imidazole rings is 1. The third-order valence-corrected chi connectivity index (χ3v) is 3.93. The van der Waals surface area contributed by atoms with E-state index in [1.807, 2.05) is 31.3 Å². The molecule has 0 fully saturated rings. The largest absolute Gasteiger partial charge is 0.331 e. The average molecular weight is 332 g/mol. The summed E-state index contributed by atoms with van der Waals surface area (Å²) in [6.07, 6.45) is 2.66. The summed E-state index contributed by atoms with van der Waals surface area (Å²) in [5.41, 5.74) is 2.78. The van der Waals surface area contributed by atoms with Gasteiger partial charge in [0, 0.05) is 30.2 Å². The van der Waals surface area contributed by atoms with Gasteiger partial charge in [-0.05, 0) is 24.3 Å². The van der Waals surface area contributed by atoms with Gasteiger partial charge in [-0.15, -0.1) is 0 Å². The van der Waals surface area contributed by atoms with Gasteiger partial charge in [-0.1, -0.05) is 22.9 Å². The van der Waals surface area contributed by atoms with Gasteiger partial charge >= 0.3 is 0 Å². The van der Waals surface area contributed by atoms with Gasteiger partial charge in [0.05, 0.1) is 16.7 Å². The first-order valence-corrected chi connectivity index (χ1v) is 7.23. The van der Waals surface area contributed by atoms with Gasteiger partial charge in [0.15, 0.2) is 0 Å². The Hall–Kier alpha value is -1.88. The van der Waals surface area contributed by atoms with Crippen molar-refractivity contribution >= 4 is 27.0 Å². The zero-order valence-corrected chi connectivity index (χ0v) is 12.9. The summed E-state index contributed by atoms with van der Waals surface area (Å²) in [5, 5.41) is 0. The minimum atomic E-state index is -0.0587. The van der Waals surface area contributed by atoms with Gasteiger partial charge in [0.2, 0.25) is 0 Å². The second-order valence-corrected chi connectivity index (χ2v) is 5.58. The van der Waals surface area contributed by atoms with Gasteiger partial charge in [0.25, 0.3) is 5.56 Å². The zero-order chi connectivity index (χ0) is 14.3. The summed E-state index contributed by atoms with van der Waals surface area (Å²) < 4.78 is 4.49. The maximum absolute atomic E-state index is 12.0. The minimum Gasteiger partial charge on any atom is -0.331 e. The van der Waals surface area contributed by atoms with Crippen LogP contribution in [0.5, 0.6) is 0 Å². The van der Waals surface area contributed by atoms with Gasteiger partial charge in [0.1, 0.15) is 5.82 Å². The molecule has 0 radical (unpaired) electrons. The van der Waals surface area contributed by atoms with Crippen molar-refractivity contribution in [3.8, 4) is 5.69 Å². The molecule has 20 heavy (non-hydrogen) atoms. The quantitative estimate of drug-likeness (QED) is 0.724. The highest BCUT2D eigenvalue weighted by Gasteiger charge is 2.08. The maximum atomic E-state index is 12.0. The van der Waals surface area contributed by atoms with Crippen LogP contribution in [0, 0.1) is 0 Å². The topological polar surface area (TPSA) is 39.8 Å². The number of fused-ring (bicyclic) bond motifs is 1. The Morgan fingerprint density at radius 1 is 1.25 bits per heavy atom. The van der Waals surface area contributed by atoms with Crippen LogP contribution in [0.2, 0.25) is 0 Å². The zero-order valence-electron chi connectivity index (χ0n) is 11.3. The summed E-state index contributed by atoms with van der Waals surface area (Å²) in [6, 6.07) is 9.29. The third-order valence-electron chi connectivity index (χ3n) is 3.43. The standard InChI is InChI=1S/C15H14BrN3O/c1-3-14-17-12-5-4-11(9-13(12)18(14)2)19-7-6-10(16)8-15(19)20/h4-9H,3H2,1-2H3. The van der Waals surface area contributed by atoms with E-state index in [4.69, 9.17) is 0 Å². The Kier molecular flexibility index (Phi) is 3.22. The van der Waals surface area contributed by atoms with Crippen LogP contribution in [0.25, 0.3) is 16.7 Å². The van der Waals surface area contributed by atoms with E-state index in [-0.39, 0.29) is 5.56 Å². The van der Waals surface area contributed by atoms with Crippen LogP contribution in [0.3, 0.4) is 0 Å². The number of aryl methyl sites for hydroxylation is 2. The number of halogens is 1. The second kappa shape index (κ2) is 4.90. The van der Waals surface area contributed by atoms with Crippen LogP contribution in [0.15, 0.2) is 45.8 Å². The summed E-state index contributed by atoms with van der Waals surface area (Å²) >= 11 is 3.31. The number of rotatable bonds is 2. The van der Waals surface area contributed by atoms with Crippen molar-refractivity contribution in [1.82, 2.24) is 14.1 Å². The van der Waals surface area contributed by atoms with Gasteiger partial charge < -0.3 is 4.57 Å². The Balaban J connectivity index is 2.22. The van der Waals surface area contributed by atoms with E-state index in [1.165, 1.54) is 0 Å². The molecule has 0 bridgehead atoms. The third kappa shape index (κ3) is 2.08. The first kappa shape index (κ1) is 13.1. The fraction of sp³-hybridized carbons (Fsp3) is 0.200. The molecule has 0 spiro atoms. The summed E-state index contributed by atoms with van der Waals surface area (Å²) in [5.74, 6) is 1.04. The van der Waals surface area contributed by atoms with Gasteiger partial charge in [-0.3, -0.25) is 9.36 Å². The molecular formula is C15H14BrN3O. The monoisotopic (exact) mass is 331 g/mol. The first-order valence-electron chi connectivity index (χ1n) is 6.44. The van der Waals surface area contributed by atoms with E-state index in [0.29, 0.717) is 0 Å². The number of hydrogen-bond acceptors (Lipinski definition) is 2. The van der Waals surface area contributed by atoms with Crippen LogP contribution < -0.4 is 5.56 Å². The van der Waals surface area contributed by atoms with Gasteiger partial charge in [-0.2, -0.15) is 0 Å². The second-order valence-electron chi connectivity index (χ2n) is 4.67.